The first-order valence-corrected chi connectivity index (χ1v) is 9.37. The Morgan fingerprint density at radius 2 is 1.86 bits per heavy atom. The van der Waals surface area contributed by atoms with Gasteiger partial charge in [-0.15, -0.1) is 0 Å². The van der Waals surface area contributed by atoms with Gasteiger partial charge in [0.05, 0.1) is 10.8 Å². The lowest BCUT2D eigenvalue weighted by Gasteiger charge is -2.43. The summed E-state index contributed by atoms with van der Waals surface area (Å²) in [6, 6.07) is 6.32. The minimum atomic E-state index is -3.12. The van der Waals surface area contributed by atoms with E-state index in [1.165, 1.54) is 17.4 Å². The third kappa shape index (κ3) is 2.94. The molecule has 0 aromatic heterocycles. The zero-order valence-corrected chi connectivity index (χ0v) is 14.2. The fourth-order valence-electron chi connectivity index (χ4n) is 3.79. The lowest BCUT2D eigenvalue weighted by atomic mass is 9.94. The number of likely N-dealkylation sites (N-methyl/N-ethyl adjacent to an activating group) is 1. The molecule has 0 saturated heterocycles. The van der Waals surface area contributed by atoms with Crippen molar-refractivity contribution in [3.63, 3.8) is 0 Å². The number of nitrogens with two attached hydrogens (primary N) is 1. The molecule has 21 heavy (non-hydrogen) atoms. The SMILES string of the molecule is Cc1cc(C)cc(N(C)C2(CN)CCCC2S(C)(=O)=O)c1. The molecule has 1 aliphatic carbocycles. The summed E-state index contributed by atoms with van der Waals surface area (Å²) in [5.41, 5.74) is 8.98. The molecule has 2 atom stereocenters. The van der Waals surface area contributed by atoms with Gasteiger partial charge in [-0.05, 0) is 56.4 Å². The Labute approximate surface area is 128 Å². The van der Waals surface area contributed by atoms with Gasteiger partial charge in [-0.25, -0.2) is 8.42 Å². The van der Waals surface area contributed by atoms with Crippen LogP contribution in [-0.2, 0) is 9.84 Å². The molecule has 0 heterocycles. The second kappa shape index (κ2) is 5.61. The molecule has 0 radical (unpaired) electrons. The summed E-state index contributed by atoms with van der Waals surface area (Å²) in [6.07, 6.45) is 3.77. The molecule has 0 spiro atoms. The highest BCUT2D eigenvalue weighted by atomic mass is 32.2. The quantitative estimate of drug-likeness (QED) is 0.924. The van der Waals surface area contributed by atoms with E-state index in [0.29, 0.717) is 13.0 Å². The van der Waals surface area contributed by atoms with Crippen LogP contribution in [0, 0.1) is 13.8 Å². The molecule has 0 amide bonds. The van der Waals surface area contributed by atoms with Crippen LogP contribution in [0.15, 0.2) is 18.2 Å². The molecule has 2 unspecified atom stereocenters. The van der Waals surface area contributed by atoms with Crippen LogP contribution in [0.2, 0.25) is 0 Å². The van der Waals surface area contributed by atoms with Crippen molar-refractivity contribution in [1.82, 2.24) is 0 Å². The molecule has 1 aromatic rings. The molecule has 1 aliphatic rings. The molecule has 0 aliphatic heterocycles. The Kier molecular flexibility index (Phi) is 4.36. The van der Waals surface area contributed by atoms with Crippen LogP contribution in [0.25, 0.3) is 0 Å². The maximum absolute atomic E-state index is 12.2. The number of rotatable bonds is 4. The van der Waals surface area contributed by atoms with Crippen LogP contribution >= 0.6 is 0 Å². The topological polar surface area (TPSA) is 63.4 Å². The number of hydrogen-bond donors (Lipinski definition) is 1. The molecule has 4 nitrogen and oxygen atoms in total. The van der Waals surface area contributed by atoms with Crippen molar-refractivity contribution >= 4 is 15.5 Å². The normalized spacial score (nSPS) is 26.0. The Morgan fingerprint density at radius 1 is 1.29 bits per heavy atom. The predicted octanol–water partition coefficient (Wildman–Crippen LogP) is 2.03. The predicted molar refractivity (Wildman–Crippen MR) is 88.6 cm³/mol. The Bertz CT molecular complexity index is 607. The van der Waals surface area contributed by atoms with Crippen molar-refractivity contribution in [3.8, 4) is 0 Å². The van der Waals surface area contributed by atoms with Gasteiger partial charge in [-0.2, -0.15) is 0 Å². The molecule has 118 valence electrons. The van der Waals surface area contributed by atoms with E-state index in [-0.39, 0.29) is 5.25 Å². The minimum Gasteiger partial charge on any atom is -0.366 e. The van der Waals surface area contributed by atoms with Gasteiger partial charge in [0.15, 0.2) is 9.84 Å². The summed E-state index contributed by atoms with van der Waals surface area (Å²) in [4.78, 5) is 2.10. The zero-order valence-electron chi connectivity index (χ0n) is 13.4. The second-order valence-electron chi connectivity index (χ2n) is 6.42. The van der Waals surface area contributed by atoms with E-state index < -0.39 is 15.4 Å². The fourth-order valence-corrected chi connectivity index (χ4v) is 5.56. The van der Waals surface area contributed by atoms with Crippen LogP contribution in [0.4, 0.5) is 5.69 Å². The van der Waals surface area contributed by atoms with Crippen molar-refractivity contribution in [1.29, 1.82) is 0 Å². The maximum atomic E-state index is 12.2. The van der Waals surface area contributed by atoms with Crippen molar-refractivity contribution < 1.29 is 8.42 Å². The smallest absolute Gasteiger partial charge is 0.152 e. The lowest BCUT2D eigenvalue weighted by molar-refractivity contribution is 0.420. The highest BCUT2D eigenvalue weighted by Gasteiger charge is 2.50. The van der Waals surface area contributed by atoms with Crippen molar-refractivity contribution in [2.45, 2.75) is 43.9 Å². The third-order valence-electron chi connectivity index (χ3n) is 4.81. The molecule has 5 heteroatoms. The molecule has 1 saturated carbocycles. The van der Waals surface area contributed by atoms with Gasteiger partial charge in [-0.3, -0.25) is 0 Å². The van der Waals surface area contributed by atoms with Crippen molar-refractivity contribution in [2.24, 2.45) is 5.73 Å². The van der Waals surface area contributed by atoms with Gasteiger partial charge in [0.2, 0.25) is 0 Å². The first-order chi connectivity index (χ1) is 9.70. The zero-order chi connectivity index (χ0) is 15.8. The van der Waals surface area contributed by atoms with Crippen LogP contribution < -0.4 is 10.6 Å². The average Bonchev–Trinajstić information content (AvgIpc) is 2.81. The number of aryl methyl sites for hydroxylation is 2. The lowest BCUT2D eigenvalue weighted by Crippen LogP contribution is -2.59. The number of nitrogens with zero attached hydrogens (tertiary/aromatic N) is 1. The Balaban J connectivity index is 2.49. The summed E-state index contributed by atoms with van der Waals surface area (Å²) in [5, 5.41) is -0.388. The van der Waals surface area contributed by atoms with Crippen molar-refractivity contribution in [3.05, 3.63) is 29.3 Å². The molecule has 2 N–H and O–H groups in total. The van der Waals surface area contributed by atoms with Crippen LogP contribution in [0.1, 0.15) is 30.4 Å². The van der Waals surface area contributed by atoms with Crippen LogP contribution in [0.3, 0.4) is 0 Å². The van der Waals surface area contributed by atoms with Crippen LogP contribution in [-0.4, -0.2) is 39.1 Å². The van der Waals surface area contributed by atoms with Crippen LogP contribution in [0.5, 0.6) is 0 Å². The molecule has 1 fully saturated rings. The molecule has 2 rings (SSSR count). The number of anilines is 1. The Hall–Kier alpha value is -1.07. The molecular formula is C16H26N2O2S. The van der Waals surface area contributed by atoms with E-state index in [2.05, 4.69) is 36.9 Å². The largest absolute Gasteiger partial charge is 0.366 e. The highest BCUT2D eigenvalue weighted by Crippen LogP contribution is 2.40. The molecule has 0 bridgehead atoms. The van der Waals surface area contributed by atoms with Gasteiger partial charge in [0.1, 0.15) is 0 Å². The molecule has 1 aromatic carbocycles. The summed E-state index contributed by atoms with van der Waals surface area (Å²) in [5.74, 6) is 0. The number of hydrogen-bond acceptors (Lipinski definition) is 4. The summed E-state index contributed by atoms with van der Waals surface area (Å²) in [6.45, 7) is 4.47. The summed E-state index contributed by atoms with van der Waals surface area (Å²) >= 11 is 0. The number of sulfone groups is 1. The second-order valence-corrected chi connectivity index (χ2v) is 8.65. The van der Waals surface area contributed by atoms with Gasteiger partial charge in [0.25, 0.3) is 0 Å². The Morgan fingerprint density at radius 3 is 2.33 bits per heavy atom. The summed E-state index contributed by atoms with van der Waals surface area (Å²) in [7, 11) is -1.14. The maximum Gasteiger partial charge on any atom is 0.152 e. The van der Waals surface area contributed by atoms with E-state index in [0.717, 1.165) is 18.5 Å². The van der Waals surface area contributed by atoms with E-state index in [4.69, 9.17) is 5.73 Å². The third-order valence-corrected chi connectivity index (χ3v) is 6.52. The monoisotopic (exact) mass is 310 g/mol. The standard InChI is InChI=1S/C16H26N2O2S/c1-12-8-13(2)10-14(9-12)18(3)16(11-17)7-5-6-15(16)21(4,19)20/h8-10,15H,5-7,11,17H2,1-4H3. The van der Waals surface area contributed by atoms with E-state index in [9.17, 15) is 8.42 Å². The van der Waals surface area contributed by atoms with Gasteiger partial charge in [0, 0.05) is 25.5 Å². The first kappa shape index (κ1) is 16.3. The molecular weight excluding hydrogens is 284 g/mol. The summed E-state index contributed by atoms with van der Waals surface area (Å²) < 4.78 is 24.4. The van der Waals surface area contributed by atoms with E-state index in [1.54, 1.807) is 0 Å². The highest BCUT2D eigenvalue weighted by molar-refractivity contribution is 7.91. The van der Waals surface area contributed by atoms with Gasteiger partial charge < -0.3 is 10.6 Å². The van der Waals surface area contributed by atoms with Gasteiger partial charge >= 0.3 is 0 Å². The first-order valence-electron chi connectivity index (χ1n) is 7.42. The number of benzene rings is 1. The van der Waals surface area contributed by atoms with E-state index in [1.807, 2.05) is 7.05 Å². The van der Waals surface area contributed by atoms with E-state index >= 15 is 0 Å². The average molecular weight is 310 g/mol. The minimum absolute atomic E-state index is 0.355. The fraction of sp³-hybridized carbons (Fsp3) is 0.625. The van der Waals surface area contributed by atoms with Gasteiger partial charge in [-0.1, -0.05) is 6.07 Å². The van der Waals surface area contributed by atoms with Crippen molar-refractivity contribution in [2.75, 3.05) is 24.7 Å².